The van der Waals surface area contributed by atoms with Gasteiger partial charge in [-0.25, -0.2) is 4.79 Å². The Morgan fingerprint density at radius 1 is 1.05 bits per heavy atom. The van der Waals surface area contributed by atoms with Crippen molar-refractivity contribution in [2.24, 2.45) is 11.1 Å². The van der Waals surface area contributed by atoms with Gasteiger partial charge in [0, 0.05) is 0 Å². The minimum Gasteiger partial charge on any atom is -0.318 e. The fourth-order valence-electron chi connectivity index (χ4n) is 2.44. The van der Waals surface area contributed by atoms with Gasteiger partial charge in [-0.2, -0.15) is 0 Å². The zero-order valence-electron chi connectivity index (χ0n) is 11.9. The smallest absolute Gasteiger partial charge is 0.318 e. The average molecular weight is 279 g/mol. The summed E-state index contributed by atoms with van der Waals surface area (Å²) in [5.41, 5.74) is 2.87. The molecule has 0 heterocycles. The van der Waals surface area contributed by atoms with Crippen LogP contribution in [0.5, 0.6) is 0 Å². The Hall–Kier alpha value is -2.42. The van der Waals surface area contributed by atoms with Gasteiger partial charge in [-0.05, 0) is 30.4 Å². The Morgan fingerprint density at radius 3 is 2.33 bits per heavy atom. The quantitative estimate of drug-likeness (QED) is 0.485. The lowest BCUT2D eigenvalue weighted by Gasteiger charge is -2.01. The highest BCUT2D eigenvalue weighted by Gasteiger charge is 2.45. The van der Waals surface area contributed by atoms with Gasteiger partial charge in [-0.3, -0.25) is 0 Å². The summed E-state index contributed by atoms with van der Waals surface area (Å²) in [6.07, 6.45) is 0.850. The molecule has 1 saturated carbocycles. The Bertz CT molecular complexity index is 649. The van der Waals surface area contributed by atoms with Gasteiger partial charge in [0.15, 0.2) is 0 Å². The van der Waals surface area contributed by atoms with Crippen molar-refractivity contribution in [1.82, 2.24) is 0 Å². The van der Waals surface area contributed by atoms with E-state index < -0.39 is 0 Å². The topological polar surface area (TPSA) is 38.7 Å². The van der Waals surface area contributed by atoms with E-state index in [1.807, 2.05) is 55.5 Å². The lowest BCUT2D eigenvalue weighted by Crippen LogP contribution is -2.06. The molecule has 3 nitrogen and oxygen atoms in total. The Morgan fingerprint density at radius 2 is 1.67 bits per heavy atom. The summed E-state index contributed by atoms with van der Waals surface area (Å²) in [7, 11) is 0. The highest BCUT2D eigenvalue weighted by molar-refractivity contribution is 5.98. The molecule has 1 fully saturated rings. The zero-order valence-corrected chi connectivity index (χ0v) is 11.9. The number of carbonyl (C=O) groups is 1. The van der Waals surface area contributed by atoms with E-state index in [-0.39, 0.29) is 17.8 Å². The van der Waals surface area contributed by atoms with E-state index in [1.54, 1.807) is 0 Å². The summed E-state index contributed by atoms with van der Waals surface area (Å²) >= 11 is 0. The minimum atomic E-state index is -0.237. The molecule has 0 bridgehead atoms. The van der Waals surface area contributed by atoms with Crippen molar-refractivity contribution in [3.63, 3.8) is 0 Å². The highest BCUT2D eigenvalue weighted by Crippen LogP contribution is 2.48. The molecule has 0 saturated heterocycles. The van der Waals surface area contributed by atoms with E-state index in [1.165, 1.54) is 5.56 Å². The van der Waals surface area contributed by atoms with E-state index in [2.05, 4.69) is 17.3 Å². The van der Waals surface area contributed by atoms with E-state index in [0.29, 0.717) is 5.71 Å². The third-order valence-corrected chi connectivity index (χ3v) is 3.79. The number of carbonyl (C=O) groups excluding carboxylic acids is 1. The molecule has 2 aromatic carbocycles. The van der Waals surface area contributed by atoms with Crippen molar-refractivity contribution < 1.29 is 9.63 Å². The summed E-state index contributed by atoms with van der Waals surface area (Å²) in [5.74, 6) is -0.00945. The summed E-state index contributed by atoms with van der Waals surface area (Å²) in [6, 6.07) is 19.8. The molecule has 106 valence electrons. The van der Waals surface area contributed by atoms with Gasteiger partial charge in [-0.1, -0.05) is 65.8 Å². The molecule has 0 radical (unpaired) electrons. The molecular formula is C18H17NO2. The molecule has 3 heteroatoms. The standard InChI is InChI=1S/C18H17NO2/c1-13(14-8-4-2-5-9-14)19-21-18(20)17-12-16(17)15-10-6-3-7-11-15/h2-11,16-17H,12H2,1H3/b19-13-/t16-,17+/m0/s1. The number of oxime groups is 1. The van der Waals surface area contributed by atoms with Crippen LogP contribution < -0.4 is 0 Å². The van der Waals surface area contributed by atoms with E-state index >= 15 is 0 Å². The summed E-state index contributed by atoms with van der Waals surface area (Å²) in [4.78, 5) is 17.1. The van der Waals surface area contributed by atoms with Crippen molar-refractivity contribution >= 4 is 11.7 Å². The predicted octanol–water partition coefficient (Wildman–Crippen LogP) is 3.76. The molecule has 1 aliphatic rings. The van der Waals surface area contributed by atoms with Crippen LogP contribution in [0.25, 0.3) is 0 Å². The first-order valence-corrected chi connectivity index (χ1v) is 7.11. The first-order chi connectivity index (χ1) is 10.3. The van der Waals surface area contributed by atoms with Gasteiger partial charge in [-0.15, -0.1) is 0 Å². The highest BCUT2D eigenvalue weighted by atomic mass is 16.7. The lowest BCUT2D eigenvalue weighted by atomic mass is 10.1. The molecule has 21 heavy (non-hydrogen) atoms. The average Bonchev–Trinajstić information content (AvgIpc) is 3.35. The van der Waals surface area contributed by atoms with Crippen LogP contribution in [0.3, 0.4) is 0 Å². The molecule has 0 aromatic heterocycles. The third kappa shape index (κ3) is 3.19. The van der Waals surface area contributed by atoms with Crippen molar-refractivity contribution in [2.75, 3.05) is 0 Å². The van der Waals surface area contributed by atoms with Crippen LogP contribution in [0.4, 0.5) is 0 Å². The number of nitrogens with zero attached hydrogens (tertiary/aromatic N) is 1. The molecule has 3 rings (SSSR count). The van der Waals surface area contributed by atoms with Crippen LogP contribution in [0.15, 0.2) is 65.8 Å². The van der Waals surface area contributed by atoms with Gasteiger partial charge in [0.05, 0.1) is 11.6 Å². The van der Waals surface area contributed by atoms with Crippen molar-refractivity contribution in [2.45, 2.75) is 19.3 Å². The maximum atomic E-state index is 12.0. The normalized spacial score (nSPS) is 20.9. The largest absolute Gasteiger partial charge is 0.338 e. The van der Waals surface area contributed by atoms with Crippen LogP contribution in [-0.4, -0.2) is 11.7 Å². The summed E-state index contributed by atoms with van der Waals surface area (Å²) in [6.45, 7) is 1.84. The number of hydrogen-bond donors (Lipinski definition) is 0. The molecular weight excluding hydrogens is 262 g/mol. The molecule has 2 atom stereocenters. The van der Waals surface area contributed by atoms with E-state index in [0.717, 1.165) is 12.0 Å². The monoisotopic (exact) mass is 279 g/mol. The third-order valence-electron chi connectivity index (χ3n) is 3.79. The number of rotatable bonds is 4. The second kappa shape index (κ2) is 5.92. The molecule has 1 aliphatic carbocycles. The number of hydrogen-bond acceptors (Lipinski definition) is 3. The Kier molecular flexibility index (Phi) is 3.82. The SMILES string of the molecule is C/C(=N/OC(=O)[C@@H]1C[C@H]1c1ccccc1)c1ccccc1. The first kappa shape index (κ1) is 13.6. The van der Waals surface area contributed by atoms with Gasteiger partial charge in [0.25, 0.3) is 0 Å². The van der Waals surface area contributed by atoms with Crippen LogP contribution in [0, 0.1) is 5.92 Å². The lowest BCUT2D eigenvalue weighted by molar-refractivity contribution is -0.145. The fourth-order valence-corrected chi connectivity index (χ4v) is 2.44. The van der Waals surface area contributed by atoms with Crippen LogP contribution in [0.2, 0.25) is 0 Å². The second-order valence-electron chi connectivity index (χ2n) is 5.31. The van der Waals surface area contributed by atoms with Crippen LogP contribution >= 0.6 is 0 Å². The summed E-state index contributed by atoms with van der Waals surface area (Å²) in [5, 5.41) is 3.95. The fraction of sp³-hybridized carbons (Fsp3) is 0.222. The van der Waals surface area contributed by atoms with Crippen LogP contribution in [-0.2, 0) is 9.63 Å². The molecule has 0 amide bonds. The molecule has 0 N–H and O–H groups in total. The molecule has 0 spiro atoms. The molecule has 2 aromatic rings. The van der Waals surface area contributed by atoms with Crippen LogP contribution in [0.1, 0.15) is 30.4 Å². The molecule has 0 unspecified atom stereocenters. The zero-order chi connectivity index (χ0) is 14.7. The second-order valence-corrected chi connectivity index (χ2v) is 5.31. The minimum absolute atomic E-state index is 0.0558. The van der Waals surface area contributed by atoms with Crippen molar-refractivity contribution in [3.8, 4) is 0 Å². The maximum Gasteiger partial charge on any atom is 0.338 e. The molecule has 0 aliphatic heterocycles. The van der Waals surface area contributed by atoms with Crippen molar-refractivity contribution in [3.05, 3.63) is 71.8 Å². The van der Waals surface area contributed by atoms with Crippen molar-refractivity contribution in [1.29, 1.82) is 0 Å². The summed E-state index contributed by atoms with van der Waals surface area (Å²) < 4.78 is 0. The number of benzene rings is 2. The maximum absolute atomic E-state index is 12.0. The Labute approximate surface area is 124 Å². The van der Waals surface area contributed by atoms with Gasteiger partial charge in [0.1, 0.15) is 0 Å². The Balaban J connectivity index is 1.59. The predicted molar refractivity (Wildman–Crippen MR) is 82.0 cm³/mol. The van der Waals surface area contributed by atoms with Gasteiger partial charge >= 0.3 is 5.97 Å². The first-order valence-electron chi connectivity index (χ1n) is 7.11. The van der Waals surface area contributed by atoms with Gasteiger partial charge in [0.2, 0.25) is 0 Å². The van der Waals surface area contributed by atoms with E-state index in [4.69, 9.17) is 4.84 Å². The van der Waals surface area contributed by atoms with E-state index in [9.17, 15) is 4.79 Å². The van der Waals surface area contributed by atoms with Gasteiger partial charge < -0.3 is 4.84 Å².